The van der Waals surface area contributed by atoms with Crippen LogP contribution in [0.15, 0.2) is 42.5 Å². The van der Waals surface area contributed by atoms with Gasteiger partial charge >= 0.3 is 5.97 Å². The Kier molecular flexibility index (Phi) is 5.12. The van der Waals surface area contributed by atoms with Gasteiger partial charge in [-0.3, -0.25) is 9.59 Å². The number of carbonyl (C=O) groups excluding carboxylic acids is 1. The van der Waals surface area contributed by atoms with E-state index in [-0.39, 0.29) is 18.7 Å². The summed E-state index contributed by atoms with van der Waals surface area (Å²) < 4.78 is 13.1. The van der Waals surface area contributed by atoms with E-state index in [1.807, 2.05) is 6.07 Å². The number of carboxylic acid groups (broad SMARTS) is 1. The molecular formula is C20H20FNO3. The Labute approximate surface area is 145 Å². The average Bonchev–Trinajstić information content (AvgIpc) is 3.02. The molecule has 3 rings (SSSR count). The lowest BCUT2D eigenvalue weighted by Crippen LogP contribution is -2.31. The van der Waals surface area contributed by atoms with Crippen LogP contribution < -0.4 is 5.32 Å². The molecule has 1 atom stereocenters. The number of aryl methyl sites for hydroxylation is 2. The van der Waals surface area contributed by atoms with Crippen molar-refractivity contribution in [3.63, 3.8) is 0 Å². The van der Waals surface area contributed by atoms with Crippen LogP contribution in [0.3, 0.4) is 0 Å². The van der Waals surface area contributed by atoms with Crippen molar-refractivity contribution in [3.05, 3.63) is 70.5 Å². The molecule has 0 saturated carbocycles. The van der Waals surface area contributed by atoms with Gasteiger partial charge < -0.3 is 10.4 Å². The van der Waals surface area contributed by atoms with Crippen molar-refractivity contribution in [2.45, 2.75) is 38.1 Å². The van der Waals surface area contributed by atoms with Crippen LogP contribution in [-0.2, 0) is 28.9 Å². The molecule has 5 heteroatoms. The molecular weight excluding hydrogens is 321 g/mol. The number of hydrogen-bond donors (Lipinski definition) is 2. The Bertz CT molecular complexity index is 786. The van der Waals surface area contributed by atoms with Crippen LogP contribution in [0.4, 0.5) is 4.39 Å². The second-order valence-corrected chi connectivity index (χ2v) is 6.40. The summed E-state index contributed by atoms with van der Waals surface area (Å²) in [4.78, 5) is 23.5. The van der Waals surface area contributed by atoms with E-state index in [1.54, 1.807) is 0 Å². The molecule has 1 aliphatic carbocycles. The second kappa shape index (κ2) is 7.47. The lowest BCUT2D eigenvalue weighted by molar-refractivity contribution is -0.137. The molecule has 2 aromatic carbocycles. The smallest absolute Gasteiger partial charge is 0.305 e. The van der Waals surface area contributed by atoms with Crippen LogP contribution in [0.1, 0.15) is 41.1 Å². The maximum absolute atomic E-state index is 13.1. The van der Waals surface area contributed by atoms with Crippen molar-refractivity contribution < 1.29 is 19.1 Å². The number of rotatable bonds is 6. The van der Waals surface area contributed by atoms with Crippen LogP contribution in [-0.4, -0.2) is 17.0 Å². The van der Waals surface area contributed by atoms with Gasteiger partial charge in [0.1, 0.15) is 5.82 Å². The molecule has 25 heavy (non-hydrogen) atoms. The normalized spacial score (nSPS) is 14.0. The van der Waals surface area contributed by atoms with Crippen molar-refractivity contribution in [2.75, 3.05) is 0 Å². The van der Waals surface area contributed by atoms with Crippen LogP contribution in [0, 0.1) is 5.82 Å². The van der Waals surface area contributed by atoms with Crippen molar-refractivity contribution >= 4 is 11.9 Å². The number of amides is 1. The Morgan fingerprint density at radius 2 is 1.80 bits per heavy atom. The number of halogens is 1. The molecule has 2 N–H and O–H groups in total. The van der Waals surface area contributed by atoms with Crippen LogP contribution in [0.25, 0.3) is 0 Å². The molecule has 0 radical (unpaired) electrons. The molecule has 0 heterocycles. The van der Waals surface area contributed by atoms with E-state index in [2.05, 4.69) is 17.4 Å². The highest BCUT2D eigenvalue weighted by Crippen LogP contribution is 2.23. The Morgan fingerprint density at radius 3 is 2.52 bits per heavy atom. The molecule has 130 valence electrons. The fourth-order valence-corrected chi connectivity index (χ4v) is 3.29. The highest BCUT2D eigenvalue weighted by Gasteiger charge is 2.19. The summed E-state index contributed by atoms with van der Waals surface area (Å²) in [6, 6.07) is 10.9. The fourth-order valence-electron chi connectivity index (χ4n) is 3.29. The van der Waals surface area contributed by atoms with Gasteiger partial charge in [0.05, 0.1) is 18.9 Å². The van der Waals surface area contributed by atoms with Gasteiger partial charge in [0.15, 0.2) is 0 Å². The van der Waals surface area contributed by atoms with Crippen LogP contribution in [0.5, 0.6) is 0 Å². The summed E-state index contributed by atoms with van der Waals surface area (Å²) in [6.07, 6.45) is 3.23. The summed E-state index contributed by atoms with van der Waals surface area (Å²) in [7, 11) is 0. The second-order valence-electron chi connectivity index (χ2n) is 6.40. The summed E-state index contributed by atoms with van der Waals surface area (Å²) in [6.45, 7) is 0. The van der Waals surface area contributed by atoms with Crippen molar-refractivity contribution in [1.29, 1.82) is 0 Å². The molecule has 2 aromatic rings. The van der Waals surface area contributed by atoms with E-state index >= 15 is 0 Å². The van der Waals surface area contributed by atoms with E-state index in [4.69, 9.17) is 5.11 Å². The molecule has 0 spiro atoms. The first kappa shape index (κ1) is 17.1. The predicted octanol–water partition coefficient (Wildman–Crippen LogP) is 3.19. The lowest BCUT2D eigenvalue weighted by Gasteiger charge is -2.18. The lowest BCUT2D eigenvalue weighted by atomic mass is 10.0. The van der Waals surface area contributed by atoms with E-state index in [9.17, 15) is 14.0 Å². The topological polar surface area (TPSA) is 66.4 Å². The highest BCUT2D eigenvalue weighted by atomic mass is 19.1. The van der Waals surface area contributed by atoms with Crippen LogP contribution >= 0.6 is 0 Å². The number of nitrogens with one attached hydrogen (secondary N) is 1. The summed E-state index contributed by atoms with van der Waals surface area (Å²) >= 11 is 0. The number of benzene rings is 2. The third-order valence-electron chi connectivity index (χ3n) is 4.51. The predicted molar refractivity (Wildman–Crippen MR) is 91.7 cm³/mol. The number of fused-ring (bicyclic) bond motifs is 1. The average molecular weight is 341 g/mol. The van der Waals surface area contributed by atoms with Crippen LogP contribution in [0.2, 0.25) is 0 Å². The van der Waals surface area contributed by atoms with Gasteiger partial charge in [0.25, 0.3) is 0 Å². The minimum absolute atomic E-state index is 0.199. The first-order chi connectivity index (χ1) is 12.0. The fraction of sp³-hybridized carbons (Fsp3) is 0.300. The molecule has 1 aliphatic rings. The zero-order valence-electron chi connectivity index (χ0n) is 13.8. The van der Waals surface area contributed by atoms with Crippen molar-refractivity contribution in [2.24, 2.45) is 0 Å². The number of carbonyl (C=O) groups is 2. The monoisotopic (exact) mass is 341 g/mol. The van der Waals surface area contributed by atoms with E-state index < -0.39 is 17.8 Å². The third kappa shape index (κ3) is 4.44. The molecule has 0 aromatic heterocycles. The highest BCUT2D eigenvalue weighted by molar-refractivity contribution is 5.80. The maximum atomic E-state index is 13.1. The number of hydrogen-bond acceptors (Lipinski definition) is 2. The Balaban J connectivity index is 1.69. The van der Waals surface area contributed by atoms with Gasteiger partial charge in [0.2, 0.25) is 5.91 Å². The Morgan fingerprint density at radius 1 is 1.08 bits per heavy atom. The number of aliphatic carboxylic acids is 1. The zero-order valence-corrected chi connectivity index (χ0v) is 13.8. The summed E-state index contributed by atoms with van der Waals surface area (Å²) in [5.74, 6) is -1.66. The van der Waals surface area contributed by atoms with Crippen molar-refractivity contribution in [3.8, 4) is 0 Å². The van der Waals surface area contributed by atoms with Gasteiger partial charge in [-0.2, -0.15) is 0 Å². The molecule has 1 unspecified atom stereocenters. The quantitative estimate of drug-likeness (QED) is 0.848. The molecule has 0 saturated heterocycles. The minimum atomic E-state index is -1.02. The van der Waals surface area contributed by atoms with E-state index in [0.717, 1.165) is 24.8 Å². The van der Waals surface area contributed by atoms with Gasteiger partial charge in [-0.1, -0.05) is 30.3 Å². The largest absolute Gasteiger partial charge is 0.481 e. The van der Waals surface area contributed by atoms with Gasteiger partial charge in [-0.25, -0.2) is 4.39 Å². The minimum Gasteiger partial charge on any atom is -0.481 e. The molecule has 4 nitrogen and oxygen atoms in total. The van der Waals surface area contributed by atoms with E-state index in [0.29, 0.717) is 5.56 Å². The zero-order chi connectivity index (χ0) is 17.8. The molecule has 0 fully saturated rings. The first-order valence-corrected chi connectivity index (χ1v) is 8.38. The molecule has 1 amide bonds. The summed E-state index contributed by atoms with van der Waals surface area (Å²) in [5.41, 5.74) is 4.14. The van der Waals surface area contributed by atoms with Crippen molar-refractivity contribution in [1.82, 2.24) is 5.32 Å². The standard InChI is InChI=1S/C20H20FNO3/c21-17-8-6-15(7-9-17)18(12-20(24)25)22-19(23)11-13-4-5-14-2-1-3-16(14)10-13/h4-10,18H,1-3,11-12H2,(H,22,23)(H,24,25). The maximum Gasteiger partial charge on any atom is 0.305 e. The van der Waals surface area contributed by atoms with E-state index in [1.165, 1.54) is 35.4 Å². The number of carboxylic acids is 1. The first-order valence-electron chi connectivity index (χ1n) is 8.38. The molecule has 0 aliphatic heterocycles. The SMILES string of the molecule is O=C(O)CC(NC(=O)Cc1ccc2c(c1)CCC2)c1ccc(F)cc1. The Hall–Kier alpha value is -2.69. The molecule has 0 bridgehead atoms. The van der Waals surface area contributed by atoms with Gasteiger partial charge in [0, 0.05) is 0 Å². The third-order valence-corrected chi connectivity index (χ3v) is 4.51. The summed E-state index contributed by atoms with van der Waals surface area (Å²) in [5, 5.41) is 11.8. The van der Waals surface area contributed by atoms with Gasteiger partial charge in [-0.05, 0) is 53.6 Å². The van der Waals surface area contributed by atoms with Gasteiger partial charge in [-0.15, -0.1) is 0 Å².